The number of anilines is 1. The maximum atomic E-state index is 11.8. The van der Waals surface area contributed by atoms with Gasteiger partial charge in [-0.15, -0.1) is 0 Å². The monoisotopic (exact) mass is 441 g/mol. The van der Waals surface area contributed by atoms with Crippen LogP contribution in [0.15, 0.2) is 54.9 Å². The Morgan fingerprint density at radius 2 is 1.97 bits per heavy atom. The van der Waals surface area contributed by atoms with E-state index in [0.29, 0.717) is 5.69 Å². The molecule has 4 aromatic rings. The predicted octanol–water partition coefficient (Wildman–Crippen LogP) is 4.57. The molecule has 1 unspecified atom stereocenters. The summed E-state index contributed by atoms with van der Waals surface area (Å²) in [5, 5.41) is 16.5. The topological polar surface area (TPSA) is 92.1 Å². The van der Waals surface area contributed by atoms with Gasteiger partial charge in [0.2, 0.25) is 0 Å². The van der Waals surface area contributed by atoms with Crippen molar-refractivity contribution in [2.75, 3.05) is 18.4 Å². The Morgan fingerprint density at radius 3 is 2.70 bits per heavy atom. The third kappa shape index (κ3) is 4.32. The molecule has 0 aliphatic carbocycles. The first-order valence-corrected chi connectivity index (χ1v) is 11.3. The Labute approximate surface area is 192 Å². The van der Waals surface area contributed by atoms with Gasteiger partial charge in [-0.25, -0.2) is 9.78 Å². The highest BCUT2D eigenvalue weighted by Crippen LogP contribution is 2.27. The van der Waals surface area contributed by atoms with Gasteiger partial charge in [0, 0.05) is 30.0 Å². The molecule has 7 nitrogen and oxygen atoms in total. The lowest BCUT2D eigenvalue weighted by atomic mass is 10.1. The Balaban J connectivity index is 1.56. The molecule has 3 N–H and O–H groups in total. The van der Waals surface area contributed by atoms with Crippen molar-refractivity contribution in [1.82, 2.24) is 19.9 Å². The van der Waals surface area contributed by atoms with Crippen LogP contribution in [-0.2, 0) is 0 Å². The van der Waals surface area contributed by atoms with Crippen molar-refractivity contribution in [2.24, 2.45) is 0 Å². The average Bonchev–Trinajstić information content (AvgIpc) is 3.22. The summed E-state index contributed by atoms with van der Waals surface area (Å²) >= 11 is 0. The fourth-order valence-corrected chi connectivity index (χ4v) is 4.55. The minimum atomic E-state index is -0.943. The first kappa shape index (κ1) is 21.2. The molecule has 5 rings (SSSR count). The maximum absolute atomic E-state index is 11.8. The van der Waals surface area contributed by atoms with Crippen molar-refractivity contribution < 1.29 is 9.90 Å². The van der Waals surface area contributed by atoms with E-state index in [-0.39, 0.29) is 11.6 Å². The van der Waals surface area contributed by atoms with E-state index >= 15 is 0 Å². The second-order valence-electron chi connectivity index (χ2n) is 8.75. The SMILES string of the molecule is Cc1cc(C)cc(-c2cnc3ccn(-c4ccc(C(=O)O)c(NC5CCCNC5)c4)c3n2)c1. The molecule has 33 heavy (non-hydrogen) atoms. The molecule has 3 heterocycles. The van der Waals surface area contributed by atoms with Crippen LogP contribution in [0.25, 0.3) is 28.1 Å². The molecule has 0 saturated carbocycles. The Hall–Kier alpha value is -3.71. The van der Waals surface area contributed by atoms with Crippen molar-refractivity contribution in [1.29, 1.82) is 0 Å². The Bertz CT molecular complexity index is 1320. The number of fused-ring (bicyclic) bond motifs is 1. The number of hydrogen-bond acceptors (Lipinski definition) is 5. The lowest BCUT2D eigenvalue weighted by Crippen LogP contribution is -2.38. The lowest BCUT2D eigenvalue weighted by molar-refractivity contribution is 0.0698. The molecule has 1 atom stereocenters. The largest absolute Gasteiger partial charge is 0.478 e. The van der Waals surface area contributed by atoms with E-state index < -0.39 is 5.97 Å². The number of hydrogen-bond donors (Lipinski definition) is 3. The van der Waals surface area contributed by atoms with Crippen molar-refractivity contribution in [2.45, 2.75) is 32.7 Å². The number of carboxylic acid groups (broad SMARTS) is 1. The molecular weight excluding hydrogens is 414 g/mol. The van der Waals surface area contributed by atoms with Gasteiger partial charge in [-0.05, 0) is 69.6 Å². The van der Waals surface area contributed by atoms with Crippen LogP contribution in [0.2, 0.25) is 0 Å². The average molecular weight is 442 g/mol. The van der Waals surface area contributed by atoms with Crippen LogP contribution in [-0.4, -0.2) is 44.7 Å². The van der Waals surface area contributed by atoms with Gasteiger partial charge in [-0.2, -0.15) is 0 Å². The molecule has 1 saturated heterocycles. The predicted molar refractivity (Wildman–Crippen MR) is 130 cm³/mol. The Kier molecular flexibility index (Phi) is 5.56. The summed E-state index contributed by atoms with van der Waals surface area (Å²) in [6, 6.07) is 13.8. The summed E-state index contributed by atoms with van der Waals surface area (Å²) in [6.07, 6.45) is 5.81. The fraction of sp³-hybridized carbons (Fsp3) is 0.269. The van der Waals surface area contributed by atoms with Crippen LogP contribution in [0, 0.1) is 13.8 Å². The summed E-state index contributed by atoms with van der Waals surface area (Å²) in [6.45, 7) is 5.97. The van der Waals surface area contributed by atoms with Crippen LogP contribution >= 0.6 is 0 Å². The van der Waals surface area contributed by atoms with Crippen molar-refractivity contribution in [3.05, 3.63) is 71.5 Å². The zero-order valence-electron chi connectivity index (χ0n) is 18.8. The van der Waals surface area contributed by atoms with Gasteiger partial charge in [0.1, 0.15) is 5.52 Å². The standard InChI is InChI=1S/C26H27N5O2/c1-16-10-17(2)12-18(11-16)24-15-28-22-7-9-31(25(22)30-24)20-5-6-21(26(32)33)23(13-20)29-19-4-3-8-27-14-19/h5-7,9-13,15,19,27,29H,3-4,8,14H2,1-2H3,(H,32,33). The quantitative estimate of drug-likeness (QED) is 0.420. The molecule has 7 heteroatoms. The van der Waals surface area contributed by atoms with Gasteiger partial charge >= 0.3 is 5.97 Å². The molecule has 168 valence electrons. The molecule has 0 radical (unpaired) electrons. The number of piperidine rings is 1. The van der Waals surface area contributed by atoms with Gasteiger partial charge in [0.05, 0.1) is 23.1 Å². The zero-order valence-corrected chi connectivity index (χ0v) is 18.8. The molecule has 0 bridgehead atoms. The van der Waals surface area contributed by atoms with Crippen LogP contribution in [0.3, 0.4) is 0 Å². The summed E-state index contributed by atoms with van der Waals surface area (Å²) in [7, 11) is 0. The molecule has 2 aromatic heterocycles. The van der Waals surface area contributed by atoms with Crippen LogP contribution in [0.1, 0.15) is 34.3 Å². The summed E-state index contributed by atoms with van der Waals surface area (Å²) in [4.78, 5) is 21.4. The molecule has 0 amide bonds. The number of carboxylic acids is 1. The van der Waals surface area contributed by atoms with Gasteiger partial charge in [-0.3, -0.25) is 9.55 Å². The summed E-state index contributed by atoms with van der Waals surface area (Å²) < 4.78 is 1.96. The third-order valence-electron chi connectivity index (χ3n) is 6.08. The number of carbonyl (C=O) groups is 1. The first-order valence-electron chi connectivity index (χ1n) is 11.3. The number of nitrogens with one attached hydrogen (secondary N) is 2. The molecule has 0 spiro atoms. The highest BCUT2D eigenvalue weighted by Gasteiger charge is 2.18. The zero-order chi connectivity index (χ0) is 22.9. The second-order valence-corrected chi connectivity index (χ2v) is 8.75. The van der Waals surface area contributed by atoms with Gasteiger partial charge in [0.25, 0.3) is 0 Å². The third-order valence-corrected chi connectivity index (χ3v) is 6.08. The molecule has 1 fully saturated rings. The van der Waals surface area contributed by atoms with Gasteiger partial charge < -0.3 is 15.7 Å². The summed E-state index contributed by atoms with van der Waals surface area (Å²) in [5.74, 6) is -0.943. The minimum Gasteiger partial charge on any atom is -0.478 e. The van der Waals surface area contributed by atoms with Crippen molar-refractivity contribution in [3.63, 3.8) is 0 Å². The van der Waals surface area contributed by atoms with Crippen LogP contribution < -0.4 is 10.6 Å². The van der Waals surface area contributed by atoms with Crippen LogP contribution in [0.5, 0.6) is 0 Å². The smallest absolute Gasteiger partial charge is 0.337 e. The summed E-state index contributed by atoms with van der Waals surface area (Å²) in [5.41, 5.74) is 7.45. The highest BCUT2D eigenvalue weighted by atomic mass is 16.4. The maximum Gasteiger partial charge on any atom is 0.337 e. The molecular formula is C26H27N5O2. The minimum absolute atomic E-state index is 0.199. The van der Waals surface area contributed by atoms with Crippen molar-refractivity contribution in [3.8, 4) is 16.9 Å². The van der Waals surface area contributed by atoms with Crippen molar-refractivity contribution >= 4 is 22.8 Å². The first-order chi connectivity index (χ1) is 16.0. The van der Waals surface area contributed by atoms with E-state index in [1.165, 1.54) is 11.1 Å². The van der Waals surface area contributed by atoms with E-state index in [4.69, 9.17) is 4.98 Å². The van der Waals surface area contributed by atoms with E-state index in [2.05, 4.69) is 47.7 Å². The molecule has 1 aliphatic heterocycles. The number of rotatable bonds is 5. The lowest BCUT2D eigenvalue weighted by Gasteiger charge is -2.25. The normalized spacial score (nSPS) is 16.1. The molecule has 2 aromatic carbocycles. The number of benzene rings is 2. The second kappa shape index (κ2) is 8.67. The highest BCUT2D eigenvalue weighted by molar-refractivity contribution is 5.95. The van der Waals surface area contributed by atoms with E-state index in [9.17, 15) is 9.90 Å². The fourth-order valence-electron chi connectivity index (χ4n) is 4.55. The number of aromatic nitrogens is 3. The van der Waals surface area contributed by atoms with E-state index in [1.54, 1.807) is 12.3 Å². The van der Waals surface area contributed by atoms with E-state index in [1.807, 2.05) is 29.0 Å². The Morgan fingerprint density at radius 1 is 1.15 bits per heavy atom. The number of nitrogens with zero attached hydrogens (tertiary/aromatic N) is 3. The van der Waals surface area contributed by atoms with Gasteiger partial charge in [0.15, 0.2) is 5.65 Å². The number of aryl methyl sites for hydroxylation is 2. The molecule has 1 aliphatic rings. The van der Waals surface area contributed by atoms with E-state index in [0.717, 1.165) is 54.0 Å². The van der Waals surface area contributed by atoms with Gasteiger partial charge in [-0.1, -0.05) is 17.2 Å². The number of aromatic carboxylic acids is 1. The van der Waals surface area contributed by atoms with Crippen LogP contribution in [0.4, 0.5) is 5.69 Å².